The molecule has 0 bridgehead atoms. The van der Waals surface area contributed by atoms with Gasteiger partial charge >= 0.3 is 0 Å². The van der Waals surface area contributed by atoms with E-state index in [0.717, 1.165) is 0 Å². The summed E-state index contributed by atoms with van der Waals surface area (Å²) in [5, 5.41) is 14.4. The van der Waals surface area contributed by atoms with Crippen molar-refractivity contribution >= 4 is 46.9 Å². The molecule has 0 saturated carbocycles. The van der Waals surface area contributed by atoms with Crippen molar-refractivity contribution < 1.29 is 117 Å². The van der Waals surface area contributed by atoms with E-state index in [2.05, 4.69) is 60.4 Å². The highest BCUT2D eigenvalue weighted by atomic mass is 31.2. The Labute approximate surface area is 307 Å². The number of rotatable bonds is 34. The Balaban J connectivity index is -0.0000125. The first kappa shape index (κ1) is 57.9. The fourth-order valence-electron chi connectivity index (χ4n) is 2.89. The zero-order chi connectivity index (χ0) is 39.2. The van der Waals surface area contributed by atoms with Gasteiger partial charge in [-0.3, -0.25) is 27.4 Å². The van der Waals surface area contributed by atoms with Crippen molar-refractivity contribution in [2.24, 2.45) is 11.8 Å². The van der Waals surface area contributed by atoms with Crippen LogP contribution in [0.2, 0.25) is 0 Å². The van der Waals surface area contributed by atoms with E-state index in [9.17, 15) is 56.8 Å². The van der Waals surface area contributed by atoms with E-state index >= 15 is 0 Å². The van der Waals surface area contributed by atoms with E-state index in [1.165, 1.54) is 7.05 Å². The van der Waals surface area contributed by atoms with Crippen molar-refractivity contribution in [2.75, 3.05) is 106 Å². The molecule has 0 rings (SSSR count). The van der Waals surface area contributed by atoms with Crippen molar-refractivity contribution in [3.8, 4) is 0 Å². The van der Waals surface area contributed by atoms with Gasteiger partial charge in [0.25, 0.3) is 46.9 Å². The average Bonchev–Trinajstić information content (AvgIpc) is 3.01. The molecule has 324 valence electrons. The summed E-state index contributed by atoms with van der Waals surface area (Å²) in [5.41, 5.74) is 0. The number of aliphatic hydroxyl groups is 1. The van der Waals surface area contributed by atoms with Crippen LogP contribution in [0.5, 0.6) is 0 Å². The molecule has 0 radical (unpaired) electrons. The third-order valence-electron chi connectivity index (χ3n) is 4.98. The second kappa shape index (κ2) is 28.9. The van der Waals surface area contributed by atoms with Crippen LogP contribution >= 0.6 is 46.9 Å². The van der Waals surface area contributed by atoms with Crippen LogP contribution in [0, 0.1) is 11.8 Å². The van der Waals surface area contributed by atoms with Crippen LogP contribution in [0.15, 0.2) is 0 Å². The molecule has 0 aromatic heterocycles. The van der Waals surface area contributed by atoms with Crippen LogP contribution in [0.3, 0.4) is 0 Å². The fraction of sp³-hybridized carbons (Fsp3) is 1.00. The summed E-state index contributed by atoms with van der Waals surface area (Å²) in [6.45, 7) is -9.01. The first-order valence-corrected chi connectivity index (χ1v) is 22.8. The van der Waals surface area contributed by atoms with Gasteiger partial charge in [0.15, 0.2) is 0 Å². The highest BCUT2D eigenvalue weighted by Gasteiger charge is 2.19. The molecule has 0 heterocycles. The predicted octanol–water partition coefficient (Wildman–Crippen LogP) is -3.09. The third-order valence-corrected chi connectivity index (χ3v) is 10.4. The van der Waals surface area contributed by atoms with Gasteiger partial charge in [-0.1, -0.05) is 14.9 Å². The Morgan fingerprint density at radius 3 is 0.925 bits per heavy atom. The number of nitrogens with one attached hydrogen (secondary N) is 2. The maximum Gasteiger partial charge on any atom is 0.268 e. The quantitative estimate of drug-likeness (QED) is 0.0367. The van der Waals surface area contributed by atoms with Crippen molar-refractivity contribution in [1.82, 2.24) is 10.6 Å². The molecule has 0 spiro atoms. The number of hydrogen-bond donors (Lipinski definition) is 4. The highest BCUT2D eigenvalue weighted by Crippen LogP contribution is 2.44. The zero-order valence-corrected chi connectivity index (χ0v) is 32.4. The summed E-state index contributed by atoms with van der Waals surface area (Å²) in [5.74, 6) is -1.43. The molecule has 8 unspecified atom stereocenters. The standard InChI is InChI=1S/C18H46N2O25P6.2CH4/c1-19-11-17(13-21)14-44-50(31,32)41-9-7-39-48(27,28)37-5-3-35-47(25,26)36-4-6-38-49(29,30)40-8-10-42-51(33,34)45-16-18(12-20-2)15-43-46(22,23)24;;/h17-21H,3-16H2,1-2H3,(H,25,26)(H,27,28)(H,29,30)(H,31,32)(H,33,34)(H2,22,23,24);2*1H4/p-6. The number of aliphatic hydroxyl groups excluding tert-OH is 1. The predicted molar refractivity (Wildman–Crippen MR) is 169 cm³/mol. The Morgan fingerprint density at radius 2 is 0.679 bits per heavy atom. The summed E-state index contributed by atoms with van der Waals surface area (Å²) in [7, 11) is -27.3. The van der Waals surface area contributed by atoms with Crippen LogP contribution in [0.25, 0.3) is 0 Å². The van der Waals surface area contributed by atoms with Gasteiger partial charge in [-0.05, 0) is 14.1 Å². The summed E-state index contributed by atoms with van der Waals surface area (Å²) >= 11 is 0. The normalized spacial score (nSPS) is 19.8. The Kier molecular flexibility index (Phi) is 31.5. The number of hydrogen-bond acceptors (Lipinski definition) is 26. The molecule has 4 N–H and O–H groups in total. The lowest BCUT2D eigenvalue weighted by atomic mass is 10.2. The molecule has 0 fully saturated rings. The summed E-state index contributed by atoms with van der Waals surface area (Å²) in [6.07, 6.45) is 0. The molecular formula is C20H48N2O25P6-6. The van der Waals surface area contributed by atoms with Gasteiger partial charge in [0.2, 0.25) is 0 Å². The van der Waals surface area contributed by atoms with Crippen LogP contribution in [0.4, 0.5) is 0 Å². The van der Waals surface area contributed by atoms with E-state index in [1.807, 2.05) is 0 Å². The zero-order valence-electron chi connectivity index (χ0n) is 27.0. The van der Waals surface area contributed by atoms with E-state index in [4.69, 9.17) is 10.00 Å². The monoisotopic (exact) mass is 902 g/mol. The molecule has 33 heteroatoms. The molecule has 0 aliphatic heterocycles. The van der Waals surface area contributed by atoms with Gasteiger partial charge in [-0.15, -0.1) is 0 Å². The Bertz CT molecular complexity index is 1260. The van der Waals surface area contributed by atoms with Gasteiger partial charge in [-0.2, -0.15) is 0 Å². The van der Waals surface area contributed by atoms with Gasteiger partial charge in [0.1, 0.15) is 0 Å². The Morgan fingerprint density at radius 1 is 0.453 bits per heavy atom. The van der Waals surface area contributed by atoms with E-state index in [0.29, 0.717) is 0 Å². The highest BCUT2D eigenvalue weighted by molar-refractivity contribution is 7.47. The van der Waals surface area contributed by atoms with Crippen molar-refractivity contribution in [1.29, 1.82) is 0 Å². The Hall–Kier alpha value is 0.540. The van der Waals surface area contributed by atoms with Crippen LogP contribution in [-0.2, 0) is 77.2 Å². The average molecular weight is 902 g/mol. The minimum atomic E-state index is -5.15. The number of phosphoric acid groups is 6. The first-order chi connectivity index (χ1) is 23.5. The lowest BCUT2D eigenvalue weighted by Crippen LogP contribution is -2.28. The van der Waals surface area contributed by atoms with Crippen LogP contribution in [-0.4, -0.2) is 116 Å². The molecule has 0 amide bonds. The smallest absolute Gasteiger partial charge is 0.268 e. The topological polar surface area (TPSA) is 407 Å². The third kappa shape index (κ3) is 34.3. The maximum atomic E-state index is 11.8. The molecule has 0 aromatic carbocycles. The molecule has 27 nitrogen and oxygen atoms in total. The summed E-state index contributed by atoms with van der Waals surface area (Å²) < 4.78 is 117. The van der Waals surface area contributed by atoms with E-state index in [1.54, 1.807) is 7.05 Å². The van der Waals surface area contributed by atoms with Crippen molar-refractivity contribution in [3.05, 3.63) is 0 Å². The molecule has 0 aliphatic carbocycles. The van der Waals surface area contributed by atoms with Crippen molar-refractivity contribution in [2.45, 2.75) is 14.9 Å². The minimum Gasteiger partial charge on any atom is -0.756 e. The van der Waals surface area contributed by atoms with E-state index < -0.39 is 131 Å². The van der Waals surface area contributed by atoms with Gasteiger partial charge in [0, 0.05) is 31.5 Å². The second-order valence-electron chi connectivity index (χ2n) is 9.29. The van der Waals surface area contributed by atoms with E-state index in [-0.39, 0.29) is 34.5 Å². The molecular weight excluding hydrogens is 854 g/mol. The summed E-state index contributed by atoms with van der Waals surface area (Å²) in [4.78, 5) is 78.0. The minimum absolute atomic E-state index is 0. The summed E-state index contributed by atoms with van der Waals surface area (Å²) in [6, 6.07) is 0. The molecule has 0 aliphatic rings. The second-order valence-corrected chi connectivity index (χ2v) is 17.5. The molecule has 0 aromatic rings. The maximum absolute atomic E-state index is 11.8. The van der Waals surface area contributed by atoms with Crippen molar-refractivity contribution in [3.63, 3.8) is 0 Å². The largest absolute Gasteiger partial charge is 0.756 e. The van der Waals surface area contributed by atoms with Gasteiger partial charge in [-0.25, -0.2) is 0 Å². The van der Waals surface area contributed by atoms with Crippen LogP contribution < -0.4 is 40.0 Å². The van der Waals surface area contributed by atoms with Gasteiger partial charge < -0.3 is 99.8 Å². The first-order valence-electron chi connectivity index (χ1n) is 14.0. The molecule has 53 heavy (non-hydrogen) atoms. The fourth-order valence-corrected chi connectivity index (χ4v) is 6.84. The SMILES string of the molecule is C.C.CNCC(CO)COP(=O)([O-])OCCOP(=O)([O-])OCCOP(=O)([O-])OCCOP(=O)([O-])OCCOP(=O)([O-])OCC(CNC)COP(=O)([O-])O. The molecule has 0 saturated heterocycles. The lowest BCUT2D eigenvalue weighted by molar-refractivity contribution is -0.238. The van der Waals surface area contributed by atoms with Crippen LogP contribution in [0.1, 0.15) is 14.9 Å². The van der Waals surface area contributed by atoms with Gasteiger partial charge in [0.05, 0.1) is 72.7 Å². The lowest BCUT2D eigenvalue weighted by Gasteiger charge is -2.28. The number of phosphoric ester groups is 6. The molecule has 8 atom stereocenters.